The standard InChI is InChI=1S/C22H27NO7/c1-16(2)21(24)29-15-14-28-13-12-27-11-10-23-22(25)30-20-9-5-6-17-18(20)7-4-8-19(17)26-3/h4-9H,1,10-15H2,2-3H3,(H,23,25). The van der Waals surface area contributed by atoms with Crippen molar-refractivity contribution >= 4 is 22.8 Å². The first kappa shape index (κ1) is 23.2. The Hall–Kier alpha value is -3.10. The van der Waals surface area contributed by atoms with Gasteiger partial charge in [-0.05, 0) is 19.1 Å². The average molecular weight is 417 g/mol. The molecule has 0 heterocycles. The van der Waals surface area contributed by atoms with Crippen LogP contribution >= 0.6 is 0 Å². The summed E-state index contributed by atoms with van der Waals surface area (Å²) in [7, 11) is 1.60. The third kappa shape index (κ3) is 7.38. The van der Waals surface area contributed by atoms with Crippen LogP contribution in [0.5, 0.6) is 11.5 Å². The van der Waals surface area contributed by atoms with Crippen molar-refractivity contribution in [3.05, 3.63) is 48.6 Å². The molecule has 30 heavy (non-hydrogen) atoms. The lowest BCUT2D eigenvalue weighted by atomic mass is 10.1. The number of nitrogens with one attached hydrogen (secondary N) is 1. The van der Waals surface area contributed by atoms with Gasteiger partial charge in [0.25, 0.3) is 0 Å². The fraction of sp³-hybridized carbons (Fsp3) is 0.364. The zero-order valence-corrected chi connectivity index (χ0v) is 17.3. The van der Waals surface area contributed by atoms with E-state index in [4.69, 9.17) is 23.7 Å². The molecule has 8 nitrogen and oxygen atoms in total. The van der Waals surface area contributed by atoms with E-state index in [-0.39, 0.29) is 13.2 Å². The number of hydrogen-bond donors (Lipinski definition) is 1. The van der Waals surface area contributed by atoms with Crippen LogP contribution in [0.1, 0.15) is 6.92 Å². The van der Waals surface area contributed by atoms with Crippen LogP contribution in [-0.4, -0.2) is 58.8 Å². The minimum atomic E-state index is -0.565. The van der Waals surface area contributed by atoms with Crippen LogP contribution in [0.25, 0.3) is 10.8 Å². The van der Waals surface area contributed by atoms with E-state index in [0.717, 1.165) is 10.8 Å². The fourth-order valence-corrected chi connectivity index (χ4v) is 2.52. The Morgan fingerprint density at radius 2 is 1.50 bits per heavy atom. The van der Waals surface area contributed by atoms with E-state index in [9.17, 15) is 9.59 Å². The monoisotopic (exact) mass is 417 g/mol. The van der Waals surface area contributed by atoms with Crippen LogP contribution in [0.2, 0.25) is 0 Å². The second-order valence-electron chi connectivity index (χ2n) is 6.27. The lowest BCUT2D eigenvalue weighted by Gasteiger charge is -2.11. The van der Waals surface area contributed by atoms with E-state index >= 15 is 0 Å². The Morgan fingerprint density at radius 1 is 0.900 bits per heavy atom. The molecule has 2 rings (SSSR count). The highest BCUT2D eigenvalue weighted by molar-refractivity contribution is 5.94. The van der Waals surface area contributed by atoms with E-state index in [2.05, 4.69) is 11.9 Å². The van der Waals surface area contributed by atoms with Crippen molar-refractivity contribution in [1.29, 1.82) is 0 Å². The second kappa shape index (κ2) is 12.5. The van der Waals surface area contributed by atoms with Crippen LogP contribution < -0.4 is 14.8 Å². The third-order valence-electron chi connectivity index (χ3n) is 3.96. The average Bonchev–Trinajstić information content (AvgIpc) is 2.74. The summed E-state index contributed by atoms with van der Waals surface area (Å²) in [6.45, 7) is 6.83. The molecule has 0 radical (unpaired) electrons. The molecule has 0 saturated heterocycles. The lowest BCUT2D eigenvalue weighted by molar-refractivity contribution is -0.140. The van der Waals surface area contributed by atoms with Crippen LogP contribution in [0.3, 0.4) is 0 Å². The van der Waals surface area contributed by atoms with E-state index in [1.807, 2.05) is 24.3 Å². The van der Waals surface area contributed by atoms with Crippen molar-refractivity contribution < 1.29 is 33.3 Å². The molecular formula is C22H27NO7. The number of ether oxygens (including phenoxy) is 5. The zero-order valence-electron chi connectivity index (χ0n) is 17.3. The third-order valence-corrected chi connectivity index (χ3v) is 3.96. The van der Waals surface area contributed by atoms with Gasteiger partial charge in [0, 0.05) is 22.9 Å². The molecule has 8 heteroatoms. The molecule has 0 unspecified atom stereocenters. The summed E-state index contributed by atoms with van der Waals surface area (Å²) < 4.78 is 26.3. The predicted octanol–water partition coefficient (Wildman–Crippen LogP) is 3.09. The summed E-state index contributed by atoms with van der Waals surface area (Å²) in [5.41, 5.74) is 0.351. The molecule has 0 aromatic heterocycles. The van der Waals surface area contributed by atoms with Gasteiger partial charge in [0.05, 0.1) is 33.5 Å². The van der Waals surface area contributed by atoms with Gasteiger partial charge in [-0.3, -0.25) is 0 Å². The first-order chi connectivity index (χ1) is 14.5. The van der Waals surface area contributed by atoms with Gasteiger partial charge in [0.15, 0.2) is 0 Å². The summed E-state index contributed by atoms with van der Waals surface area (Å²) in [5, 5.41) is 4.29. The number of rotatable bonds is 12. The van der Waals surface area contributed by atoms with Crippen molar-refractivity contribution in [2.45, 2.75) is 6.92 Å². The lowest BCUT2D eigenvalue weighted by Crippen LogP contribution is -2.30. The van der Waals surface area contributed by atoms with Gasteiger partial charge in [-0.15, -0.1) is 0 Å². The predicted molar refractivity (Wildman–Crippen MR) is 112 cm³/mol. The van der Waals surface area contributed by atoms with Gasteiger partial charge in [-0.25, -0.2) is 9.59 Å². The van der Waals surface area contributed by atoms with Crippen molar-refractivity contribution in [2.75, 3.05) is 46.7 Å². The van der Waals surface area contributed by atoms with Crippen molar-refractivity contribution in [2.24, 2.45) is 0 Å². The topological polar surface area (TPSA) is 92.3 Å². The fourth-order valence-electron chi connectivity index (χ4n) is 2.52. The van der Waals surface area contributed by atoms with Gasteiger partial charge >= 0.3 is 12.1 Å². The Morgan fingerprint density at radius 3 is 2.17 bits per heavy atom. The van der Waals surface area contributed by atoms with Gasteiger partial charge < -0.3 is 29.0 Å². The van der Waals surface area contributed by atoms with Crippen LogP contribution in [0.15, 0.2) is 48.6 Å². The van der Waals surface area contributed by atoms with Crippen molar-refractivity contribution in [3.63, 3.8) is 0 Å². The van der Waals surface area contributed by atoms with Gasteiger partial charge in [0.2, 0.25) is 0 Å². The largest absolute Gasteiger partial charge is 0.496 e. The maximum absolute atomic E-state index is 12.0. The number of fused-ring (bicyclic) bond motifs is 1. The maximum atomic E-state index is 12.0. The number of benzene rings is 2. The van der Waals surface area contributed by atoms with Gasteiger partial charge in [-0.2, -0.15) is 0 Å². The normalized spacial score (nSPS) is 10.5. The number of carbonyl (C=O) groups excluding carboxylic acids is 2. The number of carbonyl (C=O) groups is 2. The van der Waals surface area contributed by atoms with E-state index in [1.165, 1.54) is 0 Å². The summed E-state index contributed by atoms with van der Waals surface area (Å²) in [4.78, 5) is 23.2. The smallest absolute Gasteiger partial charge is 0.412 e. The van der Waals surface area contributed by atoms with Crippen molar-refractivity contribution in [1.82, 2.24) is 5.32 Å². The molecule has 0 fully saturated rings. The molecule has 162 valence electrons. The van der Waals surface area contributed by atoms with Crippen LogP contribution in [0.4, 0.5) is 4.79 Å². The number of amides is 1. The van der Waals surface area contributed by atoms with Crippen LogP contribution in [-0.2, 0) is 19.0 Å². The molecule has 0 bridgehead atoms. The minimum absolute atomic E-state index is 0.166. The number of hydrogen-bond acceptors (Lipinski definition) is 7. The Balaban J connectivity index is 1.60. The summed E-state index contributed by atoms with van der Waals surface area (Å²) in [6.07, 6.45) is -0.565. The molecule has 1 N–H and O–H groups in total. The second-order valence-corrected chi connectivity index (χ2v) is 6.27. The molecule has 2 aromatic carbocycles. The highest BCUT2D eigenvalue weighted by Gasteiger charge is 2.10. The Labute approximate surface area is 175 Å². The molecule has 0 aliphatic carbocycles. The summed E-state index contributed by atoms with van der Waals surface area (Å²) >= 11 is 0. The van der Waals surface area contributed by atoms with Gasteiger partial charge in [0.1, 0.15) is 18.1 Å². The molecule has 0 spiro atoms. The first-order valence-corrected chi connectivity index (χ1v) is 9.52. The van der Waals surface area contributed by atoms with Gasteiger partial charge in [-0.1, -0.05) is 30.8 Å². The number of methoxy groups -OCH3 is 1. The Kier molecular flexibility index (Phi) is 9.63. The molecule has 2 aromatic rings. The highest BCUT2D eigenvalue weighted by atomic mass is 16.6. The summed E-state index contributed by atoms with van der Waals surface area (Å²) in [5.74, 6) is 0.726. The van der Waals surface area contributed by atoms with E-state index < -0.39 is 12.1 Å². The minimum Gasteiger partial charge on any atom is -0.496 e. The molecular weight excluding hydrogens is 390 g/mol. The first-order valence-electron chi connectivity index (χ1n) is 9.52. The maximum Gasteiger partial charge on any atom is 0.412 e. The zero-order chi connectivity index (χ0) is 21.8. The quantitative estimate of drug-likeness (QED) is 0.322. The summed E-state index contributed by atoms with van der Waals surface area (Å²) in [6, 6.07) is 11.0. The highest BCUT2D eigenvalue weighted by Crippen LogP contribution is 2.31. The van der Waals surface area contributed by atoms with E-state index in [0.29, 0.717) is 43.4 Å². The van der Waals surface area contributed by atoms with Crippen molar-refractivity contribution in [3.8, 4) is 11.5 Å². The Bertz CT molecular complexity index is 866. The number of esters is 1. The molecule has 0 aliphatic rings. The van der Waals surface area contributed by atoms with E-state index in [1.54, 1.807) is 26.2 Å². The molecule has 1 amide bonds. The molecule has 0 atom stereocenters. The van der Waals surface area contributed by atoms with Crippen LogP contribution in [0, 0.1) is 0 Å². The SMILES string of the molecule is C=C(C)C(=O)OCCOCCOCCNC(=O)Oc1cccc2c(OC)cccc12. The molecule has 0 saturated carbocycles. The molecule has 0 aliphatic heterocycles.